The summed E-state index contributed by atoms with van der Waals surface area (Å²) in [5, 5.41) is 7.04. The van der Waals surface area contributed by atoms with Gasteiger partial charge in [0.2, 0.25) is 11.7 Å². The smallest absolute Gasteiger partial charge is 0.312 e. The molecule has 1 aromatic heterocycles. The molecule has 3 amide bonds. The van der Waals surface area contributed by atoms with Crippen LogP contribution in [0.25, 0.3) is 0 Å². The number of aromatic nitrogens is 1. The largest absolute Gasteiger partial charge is 0.370 e. The monoisotopic (exact) mass is 383 g/mol. The van der Waals surface area contributed by atoms with E-state index in [9.17, 15) is 14.4 Å². The van der Waals surface area contributed by atoms with Gasteiger partial charge in [-0.3, -0.25) is 14.6 Å². The molecule has 2 unspecified atom stereocenters. The van der Waals surface area contributed by atoms with Crippen molar-refractivity contribution in [3.63, 3.8) is 0 Å². The van der Waals surface area contributed by atoms with Crippen LogP contribution in [0.2, 0.25) is 0 Å². The van der Waals surface area contributed by atoms with Gasteiger partial charge < -0.3 is 27.8 Å². The molecule has 0 bridgehead atoms. The number of Topliss-reactive ketones (excluding diaryl/α,β-unsaturated/α-hetero) is 1. The van der Waals surface area contributed by atoms with E-state index in [4.69, 9.17) is 17.2 Å². The minimum absolute atomic E-state index is 0.0395. The van der Waals surface area contributed by atoms with Gasteiger partial charge in [0.05, 0.1) is 6.04 Å². The number of ketones is 1. The molecule has 8 N–H and O–H groups in total. The number of thiazole rings is 1. The van der Waals surface area contributed by atoms with Gasteiger partial charge in [-0.15, -0.1) is 11.3 Å². The Bertz CT molecular complexity index is 642. The molecule has 2 atom stereocenters. The zero-order valence-corrected chi connectivity index (χ0v) is 15.6. The number of urea groups is 1. The minimum atomic E-state index is -0.850. The fraction of sp³-hybridized carbons (Fsp3) is 0.533. The quantitative estimate of drug-likeness (QED) is 0.158. The summed E-state index contributed by atoms with van der Waals surface area (Å²) in [4.78, 5) is 44.1. The van der Waals surface area contributed by atoms with Crippen molar-refractivity contribution in [2.75, 3.05) is 6.54 Å². The third-order valence-electron chi connectivity index (χ3n) is 3.47. The molecule has 144 valence electrons. The molecule has 1 heterocycles. The highest BCUT2D eigenvalue weighted by Crippen LogP contribution is 2.12. The number of nitrogens with one attached hydrogen (secondary N) is 2. The van der Waals surface area contributed by atoms with Crippen molar-refractivity contribution in [3.8, 4) is 0 Å². The highest BCUT2D eigenvalue weighted by atomic mass is 32.1. The van der Waals surface area contributed by atoms with Crippen molar-refractivity contribution < 1.29 is 14.4 Å². The summed E-state index contributed by atoms with van der Waals surface area (Å²) >= 11 is 1.19. The first kappa shape index (κ1) is 21.4. The lowest BCUT2D eigenvalue weighted by Crippen LogP contribution is -2.54. The highest BCUT2D eigenvalue weighted by Gasteiger charge is 2.29. The molecule has 0 saturated carbocycles. The second-order valence-electron chi connectivity index (χ2n) is 5.94. The standard InChI is InChI=1S/C15H25N7O3S/c1-8(2)10(22-15(18)25)12(24)21-9(4-3-5-20-14(16)17)11(23)13-19-6-7-26-13/h6-10H,3-5H2,1-2H3,(H,21,24)(H4,16,17,20)(H3,18,22,25). The van der Waals surface area contributed by atoms with Crippen molar-refractivity contribution in [2.24, 2.45) is 28.1 Å². The van der Waals surface area contributed by atoms with E-state index in [-0.39, 0.29) is 17.7 Å². The van der Waals surface area contributed by atoms with Crippen LogP contribution in [0.15, 0.2) is 16.6 Å². The van der Waals surface area contributed by atoms with Crippen LogP contribution in [0.4, 0.5) is 4.79 Å². The molecular formula is C15H25N7O3S. The molecule has 0 aliphatic rings. The third kappa shape index (κ3) is 7.05. The van der Waals surface area contributed by atoms with Gasteiger partial charge in [0.15, 0.2) is 11.0 Å². The number of nitrogens with zero attached hydrogens (tertiary/aromatic N) is 2. The maximum atomic E-state index is 12.6. The fourth-order valence-corrected chi connectivity index (χ4v) is 2.85. The van der Waals surface area contributed by atoms with E-state index in [1.54, 1.807) is 19.2 Å². The van der Waals surface area contributed by atoms with E-state index in [1.807, 2.05) is 0 Å². The van der Waals surface area contributed by atoms with E-state index in [0.717, 1.165) is 0 Å². The topological polar surface area (TPSA) is 179 Å². The fourth-order valence-electron chi connectivity index (χ4n) is 2.22. The summed E-state index contributed by atoms with van der Waals surface area (Å²) in [6, 6.07) is -2.47. The van der Waals surface area contributed by atoms with Crippen LogP contribution in [-0.4, -0.2) is 47.3 Å². The Kier molecular flexibility index (Phi) is 8.49. The van der Waals surface area contributed by atoms with Crippen molar-refractivity contribution in [1.82, 2.24) is 15.6 Å². The van der Waals surface area contributed by atoms with Crippen molar-refractivity contribution in [2.45, 2.75) is 38.8 Å². The molecule has 0 fully saturated rings. The van der Waals surface area contributed by atoms with Crippen LogP contribution in [-0.2, 0) is 4.79 Å². The van der Waals surface area contributed by atoms with Crippen LogP contribution in [0.1, 0.15) is 36.5 Å². The maximum Gasteiger partial charge on any atom is 0.312 e. The molecule has 26 heavy (non-hydrogen) atoms. The van der Waals surface area contributed by atoms with Gasteiger partial charge in [-0.05, 0) is 18.8 Å². The maximum absolute atomic E-state index is 12.6. The summed E-state index contributed by atoms with van der Waals surface area (Å²) in [6.07, 6.45) is 2.32. The number of guanidine groups is 1. The summed E-state index contributed by atoms with van der Waals surface area (Å²) < 4.78 is 0. The van der Waals surface area contributed by atoms with Crippen LogP contribution in [0, 0.1) is 5.92 Å². The number of carbonyl (C=O) groups is 3. The molecule has 0 spiro atoms. The number of hydrogen-bond acceptors (Lipinski definition) is 6. The van der Waals surface area contributed by atoms with Gasteiger partial charge in [-0.25, -0.2) is 9.78 Å². The average Bonchev–Trinajstić information content (AvgIpc) is 3.08. The lowest BCUT2D eigenvalue weighted by Gasteiger charge is -2.24. The SMILES string of the molecule is CC(C)C(NC(N)=O)C(=O)NC(CCCN=C(N)N)C(=O)c1nccs1. The Morgan fingerprint density at radius 3 is 2.42 bits per heavy atom. The Hall–Kier alpha value is -2.69. The summed E-state index contributed by atoms with van der Waals surface area (Å²) in [5.41, 5.74) is 15.7. The minimum Gasteiger partial charge on any atom is -0.370 e. The lowest BCUT2D eigenvalue weighted by atomic mass is 10.0. The van der Waals surface area contributed by atoms with Crippen LogP contribution >= 0.6 is 11.3 Å². The number of nitrogens with two attached hydrogens (primary N) is 3. The van der Waals surface area contributed by atoms with Crippen LogP contribution < -0.4 is 27.8 Å². The molecule has 0 aliphatic heterocycles. The van der Waals surface area contributed by atoms with Crippen LogP contribution in [0.3, 0.4) is 0 Å². The average molecular weight is 383 g/mol. The molecule has 10 nitrogen and oxygen atoms in total. The van der Waals surface area contributed by atoms with Gasteiger partial charge >= 0.3 is 6.03 Å². The van der Waals surface area contributed by atoms with E-state index in [1.165, 1.54) is 17.5 Å². The first-order valence-corrected chi connectivity index (χ1v) is 8.95. The van der Waals surface area contributed by atoms with Crippen molar-refractivity contribution >= 4 is 35.0 Å². The van der Waals surface area contributed by atoms with Crippen molar-refractivity contribution in [3.05, 3.63) is 16.6 Å². The van der Waals surface area contributed by atoms with Gasteiger partial charge in [-0.2, -0.15) is 0 Å². The first-order valence-electron chi connectivity index (χ1n) is 8.07. The Labute approximate surface area is 155 Å². The third-order valence-corrected chi connectivity index (χ3v) is 4.26. The van der Waals surface area contributed by atoms with Gasteiger partial charge in [0, 0.05) is 18.1 Å². The highest BCUT2D eigenvalue weighted by molar-refractivity contribution is 7.11. The zero-order chi connectivity index (χ0) is 19.7. The lowest BCUT2D eigenvalue weighted by molar-refractivity contribution is -0.124. The molecule has 1 rings (SSSR count). The number of aliphatic imine (C=N–C) groups is 1. The van der Waals surface area contributed by atoms with E-state index < -0.39 is 24.0 Å². The summed E-state index contributed by atoms with van der Waals surface area (Å²) in [5.74, 6) is -1.04. The van der Waals surface area contributed by atoms with E-state index >= 15 is 0 Å². The molecule has 0 aliphatic carbocycles. The molecule has 0 saturated heterocycles. The molecular weight excluding hydrogens is 358 g/mol. The van der Waals surface area contributed by atoms with Gasteiger partial charge in [0.25, 0.3) is 0 Å². The number of hydrogen-bond donors (Lipinski definition) is 5. The Balaban J connectivity index is 2.85. The number of carbonyl (C=O) groups excluding carboxylic acids is 3. The number of rotatable bonds is 10. The second kappa shape index (κ2) is 10.3. The molecule has 1 aromatic rings. The first-order chi connectivity index (χ1) is 12.2. The van der Waals surface area contributed by atoms with Crippen LogP contribution in [0.5, 0.6) is 0 Å². The van der Waals surface area contributed by atoms with Gasteiger partial charge in [-0.1, -0.05) is 13.8 Å². The predicted octanol–water partition coefficient (Wildman–Crippen LogP) is -0.443. The number of amides is 3. The summed E-state index contributed by atoms with van der Waals surface area (Å²) in [6.45, 7) is 3.85. The van der Waals surface area contributed by atoms with E-state index in [2.05, 4.69) is 20.6 Å². The second-order valence-corrected chi connectivity index (χ2v) is 6.84. The molecule has 0 aromatic carbocycles. The summed E-state index contributed by atoms with van der Waals surface area (Å²) in [7, 11) is 0. The zero-order valence-electron chi connectivity index (χ0n) is 14.8. The predicted molar refractivity (Wildman–Crippen MR) is 99.6 cm³/mol. The Morgan fingerprint density at radius 1 is 1.23 bits per heavy atom. The molecule has 11 heteroatoms. The number of primary amides is 1. The Morgan fingerprint density at radius 2 is 1.92 bits per heavy atom. The molecule has 0 radical (unpaired) electrons. The normalized spacial score (nSPS) is 12.9. The van der Waals surface area contributed by atoms with E-state index in [0.29, 0.717) is 24.4 Å². The van der Waals surface area contributed by atoms with Crippen molar-refractivity contribution in [1.29, 1.82) is 0 Å². The van der Waals surface area contributed by atoms with Gasteiger partial charge in [0.1, 0.15) is 6.04 Å².